The van der Waals surface area contributed by atoms with Crippen LogP contribution in [0.4, 0.5) is 0 Å². The second kappa shape index (κ2) is 8.64. The number of nitrogens with one attached hydrogen (secondary N) is 2. The van der Waals surface area contributed by atoms with Gasteiger partial charge in [0, 0.05) is 31.7 Å². The van der Waals surface area contributed by atoms with Gasteiger partial charge in [-0.3, -0.25) is 14.4 Å². The van der Waals surface area contributed by atoms with Crippen molar-refractivity contribution in [3.05, 3.63) is 22.4 Å². The fourth-order valence-corrected chi connectivity index (χ4v) is 3.57. The van der Waals surface area contributed by atoms with E-state index in [9.17, 15) is 14.4 Å². The maximum atomic E-state index is 12.5. The molecule has 1 aliphatic rings. The van der Waals surface area contributed by atoms with Gasteiger partial charge in [0.05, 0.1) is 11.9 Å². The highest BCUT2D eigenvalue weighted by Crippen LogP contribution is 2.13. The zero-order valence-electron chi connectivity index (χ0n) is 16.0. The average Bonchev–Trinajstić information content (AvgIpc) is 3.06. The number of carbonyl (C=O) groups is 3. The van der Waals surface area contributed by atoms with Gasteiger partial charge >= 0.3 is 0 Å². The van der Waals surface area contributed by atoms with Gasteiger partial charge < -0.3 is 20.0 Å². The van der Waals surface area contributed by atoms with Crippen LogP contribution in [0.3, 0.4) is 0 Å². The number of rotatable bonds is 5. The Labute approximate surface area is 158 Å². The summed E-state index contributed by atoms with van der Waals surface area (Å²) in [5.74, 6) is -0.00265. The number of carbonyl (C=O) groups excluding carboxylic acids is 3. The van der Waals surface area contributed by atoms with Crippen LogP contribution in [0.25, 0.3) is 0 Å². The zero-order valence-corrected chi connectivity index (χ0v) is 16.8. The highest BCUT2D eigenvalue weighted by atomic mass is 32.1. The molecule has 26 heavy (non-hydrogen) atoms. The first-order valence-corrected chi connectivity index (χ1v) is 9.76. The van der Waals surface area contributed by atoms with Crippen LogP contribution in [0.15, 0.2) is 17.5 Å². The number of hydrogen-bond donors (Lipinski definition) is 2. The lowest BCUT2D eigenvalue weighted by Gasteiger charge is -2.34. The summed E-state index contributed by atoms with van der Waals surface area (Å²) in [6.07, 6.45) is 0. The van der Waals surface area contributed by atoms with Gasteiger partial charge in [0.25, 0.3) is 17.7 Å². The number of quaternary nitrogens is 1. The summed E-state index contributed by atoms with van der Waals surface area (Å²) in [6, 6.07) is 3.69. The third-order valence-electron chi connectivity index (χ3n) is 4.08. The number of hydrogen-bond acceptors (Lipinski definition) is 4. The van der Waals surface area contributed by atoms with Crippen molar-refractivity contribution in [2.24, 2.45) is 0 Å². The van der Waals surface area contributed by atoms with E-state index in [4.69, 9.17) is 0 Å². The highest BCUT2D eigenvalue weighted by molar-refractivity contribution is 7.12. The maximum Gasteiger partial charge on any atom is 0.277 e. The van der Waals surface area contributed by atoms with Crippen LogP contribution in [-0.4, -0.2) is 79.4 Å². The molecule has 1 fully saturated rings. The first-order valence-electron chi connectivity index (χ1n) is 8.88. The molecule has 1 saturated heterocycles. The first-order chi connectivity index (χ1) is 12.2. The molecule has 144 valence electrons. The lowest BCUT2D eigenvalue weighted by Crippen LogP contribution is -3.11. The molecule has 3 amide bonds. The van der Waals surface area contributed by atoms with Crippen LogP contribution in [0.2, 0.25) is 0 Å². The van der Waals surface area contributed by atoms with Crippen molar-refractivity contribution in [1.29, 1.82) is 0 Å². The predicted molar refractivity (Wildman–Crippen MR) is 101 cm³/mol. The van der Waals surface area contributed by atoms with E-state index in [1.807, 2.05) is 45.3 Å². The molecule has 0 aromatic carbocycles. The number of piperazine rings is 1. The number of amides is 3. The summed E-state index contributed by atoms with van der Waals surface area (Å²) in [5, 5.41) is 4.80. The molecule has 1 aromatic rings. The Balaban J connectivity index is 1.75. The van der Waals surface area contributed by atoms with Gasteiger partial charge in [-0.05, 0) is 32.2 Å². The molecular formula is C18H29N4O3S+. The van der Waals surface area contributed by atoms with Gasteiger partial charge in [-0.15, -0.1) is 11.3 Å². The Kier molecular flexibility index (Phi) is 6.77. The molecule has 0 aliphatic carbocycles. The van der Waals surface area contributed by atoms with Gasteiger partial charge in [0.1, 0.15) is 0 Å². The van der Waals surface area contributed by atoms with Crippen molar-refractivity contribution in [2.75, 3.05) is 46.3 Å². The Hall–Kier alpha value is -1.93. The molecule has 1 unspecified atom stereocenters. The van der Waals surface area contributed by atoms with E-state index >= 15 is 0 Å². The van der Waals surface area contributed by atoms with Crippen LogP contribution in [0.1, 0.15) is 30.4 Å². The largest absolute Gasteiger partial charge is 0.347 e. The molecule has 1 atom stereocenters. The van der Waals surface area contributed by atoms with E-state index in [0.29, 0.717) is 26.2 Å². The molecule has 0 spiro atoms. The van der Waals surface area contributed by atoms with Crippen molar-refractivity contribution >= 4 is 29.1 Å². The molecule has 0 saturated carbocycles. The summed E-state index contributed by atoms with van der Waals surface area (Å²) >= 11 is 1.44. The Bertz CT molecular complexity index is 631. The van der Waals surface area contributed by atoms with E-state index in [0.717, 1.165) is 9.78 Å². The van der Waals surface area contributed by atoms with E-state index in [2.05, 4.69) is 5.32 Å². The topological polar surface area (TPSA) is 74.2 Å². The Morgan fingerprint density at radius 3 is 2.27 bits per heavy atom. The van der Waals surface area contributed by atoms with E-state index < -0.39 is 0 Å². The van der Waals surface area contributed by atoms with E-state index in [1.165, 1.54) is 11.3 Å². The van der Waals surface area contributed by atoms with Gasteiger partial charge in [0.2, 0.25) is 0 Å². The second-order valence-corrected chi connectivity index (χ2v) is 8.71. The molecule has 2 N–H and O–H groups in total. The molecular weight excluding hydrogens is 352 g/mol. The lowest BCUT2D eigenvalue weighted by molar-refractivity contribution is -0.863. The molecule has 1 aromatic heterocycles. The van der Waals surface area contributed by atoms with Gasteiger partial charge in [-0.1, -0.05) is 6.07 Å². The molecule has 8 heteroatoms. The fraction of sp³-hybridized carbons (Fsp3) is 0.611. The standard InChI is InChI=1S/C18H28N4O3S/c1-18(2,3)19-15(23)12-20(4)13-16(24)21-7-9-22(10-8-21)17(25)14-6-5-11-26-14/h5-6,11H,7-10,12-13H2,1-4H3,(H,19,23)/p+1. The quantitative estimate of drug-likeness (QED) is 0.720. The van der Waals surface area contributed by atoms with Gasteiger partial charge in [-0.2, -0.15) is 0 Å². The number of thiophene rings is 1. The third-order valence-corrected chi connectivity index (χ3v) is 4.94. The Morgan fingerprint density at radius 1 is 1.12 bits per heavy atom. The van der Waals surface area contributed by atoms with Crippen molar-refractivity contribution in [1.82, 2.24) is 15.1 Å². The minimum atomic E-state index is -0.271. The summed E-state index contributed by atoms with van der Waals surface area (Å²) < 4.78 is 0. The van der Waals surface area contributed by atoms with Crippen molar-refractivity contribution < 1.29 is 19.3 Å². The molecule has 2 heterocycles. The van der Waals surface area contributed by atoms with Gasteiger partial charge in [0.15, 0.2) is 13.1 Å². The third kappa shape index (κ3) is 6.10. The maximum absolute atomic E-state index is 12.5. The van der Waals surface area contributed by atoms with Crippen molar-refractivity contribution in [3.8, 4) is 0 Å². The fourth-order valence-electron chi connectivity index (χ4n) is 2.88. The molecule has 7 nitrogen and oxygen atoms in total. The monoisotopic (exact) mass is 381 g/mol. The average molecular weight is 382 g/mol. The minimum Gasteiger partial charge on any atom is -0.347 e. The predicted octanol–water partition coefficient (Wildman–Crippen LogP) is -0.538. The zero-order chi connectivity index (χ0) is 19.3. The van der Waals surface area contributed by atoms with E-state index in [1.54, 1.807) is 9.80 Å². The summed E-state index contributed by atoms with van der Waals surface area (Å²) in [6.45, 7) is 8.51. The van der Waals surface area contributed by atoms with Crippen LogP contribution in [0, 0.1) is 0 Å². The lowest BCUT2D eigenvalue weighted by atomic mass is 10.1. The second-order valence-electron chi connectivity index (χ2n) is 7.76. The SMILES string of the molecule is C[NH+](CC(=O)NC(C)(C)C)CC(=O)N1CCN(C(=O)c2cccs2)CC1. The van der Waals surface area contributed by atoms with Crippen LogP contribution < -0.4 is 10.2 Å². The summed E-state index contributed by atoms with van der Waals surface area (Å²) in [7, 11) is 1.84. The van der Waals surface area contributed by atoms with Crippen molar-refractivity contribution in [2.45, 2.75) is 26.3 Å². The number of nitrogens with zero attached hydrogens (tertiary/aromatic N) is 2. The van der Waals surface area contributed by atoms with Crippen LogP contribution >= 0.6 is 11.3 Å². The van der Waals surface area contributed by atoms with Crippen LogP contribution in [0.5, 0.6) is 0 Å². The van der Waals surface area contributed by atoms with E-state index in [-0.39, 0.29) is 36.3 Å². The normalized spacial score (nSPS) is 16.3. The number of likely N-dealkylation sites (N-methyl/N-ethyl adjacent to an activating group) is 1. The van der Waals surface area contributed by atoms with Gasteiger partial charge in [-0.25, -0.2) is 0 Å². The minimum absolute atomic E-state index is 0.0225. The smallest absolute Gasteiger partial charge is 0.277 e. The summed E-state index contributed by atoms with van der Waals surface area (Å²) in [5.41, 5.74) is -0.271. The summed E-state index contributed by atoms with van der Waals surface area (Å²) in [4.78, 5) is 41.9. The molecule has 0 bridgehead atoms. The first kappa shape index (κ1) is 20.4. The van der Waals surface area contributed by atoms with Crippen LogP contribution in [-0.2, 0) is 9.59 Å². The molecule has 2 rings (SSSR count). The van der Waals surface area contributed by atoms with Crippen molar-refractivity contribution in [3.63, 3.8) is 0 Å². The Morgan fingerprint density at radius 2 is 1.73 bits per heavy atom. The molecule has 1 aliphatic heterocycles. The highest BCUT2D eigenvalue weighted by Gasteiger charge is 2.27. The molecule has 0 radical (unpaired) electrons.